The quantitative estimate of drug-likeness (QED) is 0.755. The van der Waals surface area contributed by atoms with Crippen LogP contribution in [-0.4, -0.2) is 11.1 Å². The molecule has 1 aromatic carbocycles. The molecule has 0 radical (unpaired) electrons. The molecule has 2 unspecified atom stereocenters. The Morgan fingerprint density at radius 3 is 2.42 bits per heavy atom. The maximum Gasteiger partial charge on any atom is 0.120 e. The van der Waals surface area contributed by atoms with Crippen molar-refractivity contribution >= 4 is 0 Å². The first kappa shape index (κ1) is 16.0. The van der Waals surface area contributed by atoms with Gasteiger partial charge in [-0.15, -0.1) is 0 Å². The molecule has 0 saturated carbocycles. The lowest BCUT2D eigenvalue weighted by atomic mass is 10.0. The molecular weight excluding hydrogens is 234 g/mol. The Morgan fingerprint density at radius 2 is 1.79 bits per heavy atom. The molecular formula is C17H29NO. The molecule has 0 bridgehead atoms. The van der Waals surface area contributed by atoms with Crippen LogP contribution in [0.5, 0.6) is 5.75 Å². The van der Waals surface area contributed by atoms with Crippen LogP contribution in [0.1, 0.15) is 64.1 Å². The fraction of sp³-hybridized carbons (Fsp3) is 0.647. The first-order valence-electron chi connectivity index (χ1n) is 7.45. The molecule has 0 aliphatic carbocycles. The van der Waals surface area contributed by atoms with E-state index < -0.39 is 0 Å². The van der Waals surface area contributed by atoms with Gasteiger partial charge in [0.05, 0.1) is 0 Å². The van der Waals surface area contributed by atoms with E-state index in [9.17, 15) is 5.11 Å². The van der Waals surface area contributed by atoms with Gasteiger partial charge in [-0.2, -0.15) is 0 Å². The van der Waals surface area contributed by atoms with Gasteiger partial charge in [-0.1, -0.05) is 44.4 Å². The zero-order valence-corrected chi connectivity index (χ0v) is 13.0. The number of aryl methyl sites for hydroxylation is 1. The molecule has 0 saturated heterocycles. The second-order valence-electron chi connectivity index (χ2n) is 6.18. The third-order valence-electron chi connectivity index (χ3n) is 3.60. The zero-order chi connectivity index (χ0) is 14.4. The average Bonchev–Trinajstić information content (AvgIpc) is 2.31. The predicted octanol–water partition coefficient (Wildman–Crippen LogP) is 4.57. The van der Waals surface area contributed by atoms with Gasteiger partial charge in [0, 0.05) is 17.6 Å². The Hall–Kier alpha value is -1.02. The topological polar surface area (TPSA) is 32.3 Å². The van der Waals surface area contributed by atoms with Gasteiger partial charge in [-0.05, 0) is 39.2 Å². The summed E-state index contributed by atoms with van der Waals surface area (Å²) in [4.78, 5) is 0. The Morgan fingerprint density at radius 1 is 1.11 bits per heavy atom. The maximum atomic E-state index is 9.93. The molecule has 0 aromatic heterocycles. The summed E-state index contributed by atoms with van der Waals surface area (Å²) in [6.45, 7) is 10.9. The van der Waals surface area contributed by atoms with Gasteiger partial charge in [-0.3, -0.25) is 0 Å². The van der Waals surface area contributed by atoms with E-state index in [1.807, 2.05) is 6.07 Å². The Kier molecular flexibility index (Phi) is 6.36. The summed E-state index contributed by atoms with van der Waals surface area (Å²) < 4.78 is 0. The van der Waals surface area contributed by atoms with Crippen molar-refractivity contribution in [3.8, 4) is 5.75 Å². The van der Waals surface area contributed by atoms with Crippen LogP contribution < -0.4 is 5.32 Å². The zero-order valence-electron chi connectivity index (χ0n) is 13.0. The monoisotopic (exact) mass is 263 g/mol. The van der Waals surface area contributed by atoms with Gasteiger partial charge in [-0.25, -0.2) is 0 Å². The largest absolute Gasteiger partial charge is 0.508 e. The molecule has 0 spiro atoms. The number of phenols is 1. The van der Waals surface area contributed by atoms with Crippen molar-refractivity contribution in [2.75, 3.05) is 0 Å². The van der Waals surface area contributed by atoms with Crippen LogP contribution in [0.25, 0.3) is 0 Å². The van der Waals surface area contributed by atoms with Crippen LogP contribution in [-0.2, 0) is 0 Å². The standard InChI is InChI=1S/C17H29NO/c1-12(2)7-6-8-14(4)18-15(5)16-11-13(3)9-10-17(16)19/h9-12,14-15,18-19H,6-8H2,1-5H3. The van der Waals surface area contributed by atoms with Gasteiger partial charge in [0.15, 0.2) is 0 Å². The van der Waals surface area contributed by atoms with Gasteiger partial charge < -0.3 is 10.4 Å². The average molecular weight is 263 g/mol. The van der Waals surface area contributed by atoms with Crippen LogP contribution >= 0.6 is 0 Å². The molecule has 0 aliphatic heterocycles. The van der Waals surface area contributed by atoms with Crippen molar-refractivity contribution < 1.29 is 5.11 Å². The summed E-state index contributed by atoms with van der Waals surface area (Å²) in [6.07, 6.45) is 3.74. The minimum Gasteiger partial charge on any atom is -0.508 e. The van der Waals surface area contributed by atoms with Crippen molar-refractivity contribution in [3.05, 3.63) is 29.3 Å². The van der Waals surface area contributed by atoms with Gasteiger partial charge in [0.2, 0.25) is 0 Å². The van der Waals surface area contributed by atoms with E-state index in [0.29, 0.717) is 11.8 Å². The first-order chi connectivity index (χ1) is 8.90. The van der Waals surface area contributed by atoms with E-state index in [0.717, 1.165) is 11.5 Å². The van der Waals surface area contributed by atoms with E-state index in [1.165, 1.54) is 24.8 Å². The lowest BCUT2D eigenvalue weighted by Gasteiger charge is -2.21. The second-order valence-corrected chi connectivity index (χ2v) is 6.18. The highest BCUT2D eigenvalue weighted by atomic mass is 16.3. The van der Waals surface area contributed by atoms with Crippen LogP contribution in [0.15, 0.2) is 18.2 Å². The first-order valence-corrected chi connectivity index (χ1v) is 7.45. The number of aromatic hydroxyl groups is 1. The van der Waals surface area contributed by atoms with Crippen molar-refractivity contribution in [2.45, 2.75) is 66.0 Å². The Bertz CT molecular complexity index is 387. The molecule has 0 amide bonds. The number of nitrogens with one attached hydrogen (secondary N) is 1. The van der Waals surface area contributed by atoms with E-state index in [1.54, 1.807) is 6.07 Å². The van der Waals surface area contributed by atoms with Gasteiger partial charge >= 0.3 is 0 Å². The number of hydrogen-bond donors (Lipinski definition) is 2. The summed E-state index contributed by atoms with van der Waals surface area (Å²) >= 11 is 0. The maximum absolute atomic E-state index is 9.93. The minimum absolute atomic E-state index is 0.189. The SMILES string of the molecule is Cc1ccc(O)c(C(C)NC(C)CCCC(C)C)c1. The normalized spacial score (nSPS) is 14.6. The Balaban J connectivity index is 2.49. The molecule has 19 heavy (non-hydrogen) atoms. The van der Waals surface area contributed by atoms with Crippen molar-refractivity contribution in [1.29, 1.82) is 0 Å². The molecule has 2 heteroatoms. The summed E-state index contributed by atoms with van der Waals surface area (Å²) in [5, 5.41) is 13.5. The molecule has 0 fully saturated rings. The summed E-state index contributed by atoms with van der Waals surface area (Å²) in [5.41, 5.74) is 2.18. The summed E-state index contributed by atoms with van der Waals surface area (Å²) in [7, 11) is 0. The highest BCUT2D eigenvalue weighted by Crippen LogP contribution is 2.25. The molecule has 0 aliphatic rings. The lowest BCUT2D eigenvalue weighted by Crippen LogP contribution is -2.29. The third kappa shape index (κ3) is 5.65. The van der Waals surface area contributed by atoms with Gasteiger partial charge in [0.25, 0.3) is 0 Å². The number of phenolic OH excluding ortho intramolecular Hbond substituents is 1. The van der Waals surface area contributed by atoms with Crippen LogP contribution in [0, 0.1) is 12.8 Å². The predicted molar refractivity (Wildman–Crippen MR) is 82.5 cm³/mol. The number of hydrogen-bond acceptors (Lipinski definition) is 2. The molecule has 108 valence electrons. The smallest absolute Gasteiger partial charge is 0.120 e. The Labute approximate surface area is 118 Å². The van der Waals surface area contributed by atoms with E-state index in [2.05, 4.69) is 46.0 Å². The van der Waals surface area contributed by atoms with E-state index in [4.69, 9.17) is 0 Å². The highest BCUT2D eigenvalue weighted by molar-refractivity contribution is 5.37. The second kappa shape index (κ2) is 7.54. The fourth-order valence-electron chi connectivity index (χ4n) is 2.45. The summed E-state index contributed by atoms with van der Waals surface area (Å²) in [5.74, 6) is 1.17. The third-order valence-corrected chi connectivity index (χ3v) is 3.60. The van der Waals surface area contributed by atoms with E-state index in [-0.39, 0.29) is 6.04 Å². The van der Waals surface area contributed by atoms with Crippen molar-refractivity contribution in [1.82, 2.24) is 5.32 Å². The number of rotatable bonds is 7. The van der Waals surface area contributed by atoms with Crippen LogP contribution in [0.3, 0.4) is 0 Å². The minimum atomic E-state index is 0.189. The molecule has 0 heterocycles. The molecule has 1 aromatic rings. The molecule has 2 atom stereocenters. The van der Waals surface area contributed by atoms with Crippen LogP contribution in [0.2, 0.25) is 0 Å². The highest BCUT2D eigenvalue weighted by Gasteiger charge is 2.13. The summed E-state index contributed by atoms with van der Waals surface area (Å²) in [6, 6.07) is 6.46. The number of benzene rings is 1. The van der Waals surface area contributed by atoms with Crippen molar-refractivity contribution in [3.63, 3.8) is 0 Å². The van der Waals surface area contributed by atoms with Gasteiger partial charge in [0.1, 0.15) is 5.75 Å². The molecule has 2 N–H and O–H groups in total. The fourth-order valence-corrected chi connectivity index (χ4v) is 2.45. The van der Waals surface area contributed by atoms with Crippen LogP contribution in [0.4, 0.5) is 0 Å². The molecule has 1 rings (SSSR count). The molecule has 2 nitrogen and oxygen atoms in total. The lowest BCUT2D eigenvalue weighted by molar-refractivity contribution is 0.408. The van der Waals surface area contributed by atoms with Crippen molar-refractivity contribution in [2.24, 2.45) is 5.92 Å². The van der Waals surface area contributed by atoms with E-state index >= 15 is 0 Å².